The van der Waals surface area contributed by atoms with Gasteiger partial charge in [0.15, 0.2) is 0 Å². The lowest BCUT2D eigenvalue weighted by molar-refractivity contribution is -0.134. The van der Waals surface area contributed by atoms with E-state index < -0.39 is 6.04 Å². The minimum absolute atomic E-state index is 0.0649. The average Bonchev–Trinajstić information content (AvgIpc) is 3.30. The lowest BCUT2D eigenvalue weighted by Gasteiger charge is -2.42. The van der Waals surface area contributed by atoms with Crippen LogP contribution in [-0.2, 0) is 11.4 Å². The number of piperidine rings is 1. The van der Waals surface area contributed by atoms with Gasteiger partial charge in [-0.25, -0.2) is 4.79 Å². The van der Waals surface area contributed by atoms with Crippen LogP contribution in [0.3, 0.4) is 0 Å². The zero-order valence-electron chi connectivity index (χ0n) is 27.0. The molecule has 2 heterocycles. The standard InChI is InChI=1S/C36H54N4O3/c1-28(2)20-24-40(31-16-18-33(19-17-31)43-27-30-13-8-7-9-14-30)32-15-12-23-39(26-32)35(41)34(25-29(3)4)37-36(42)38-21-10-5-6-11-22-38/h7-9,13-14,16-19,28-29,32,34H,5-6,10-12,15,20-27H2,1-4H3,(H,37,42). The Bertz CT molecular complexity index is 1110. The third-order valence-electron chi connectivity index (χ3n) is 8.71. The summed E-state index contributed by atoms with van der Waals surface area (Å²) in [5, 5.41) is 3.16. The van der Waals surface area contributed by atoms with Crippen molar-refractivity contribution in [2.75, 3.05) is 37.6 Å². The molecule has 2 saturated heterocycles. The van der Waals surface area contributed by atoms with Gasteiger partial charge in [0, 0.05) is 44.5 Å². The molecular weight excluding hydrogens is 536 g/mol. The van der Waals surface area contributed by atoms with E-state index in [9.17, 15) is 9.59 Å². The van der Waals surface area contributed by atoms with Crippen LogP contribution in [0.1, 0.15) is 84.6 Å². The lowest BCUT2D eigenvalue weighted by Crippen LogP contribution is -2.57. The molecule has 2 aliphatic rings. The van der Waals surface area contributed by atoms with Gasteiger partial charge in [-0.3, -0.25) is 4.79 Å². The SMILES string of the molecule is CC(C)CCN(c1ccc(OCc2ccccc2)cc1)C1CCCN(C(=O)C(CC(C)C)NC(=O)N2CCCCCC2)C1. The first-order chi connectivity index (χ1) is 20.8. The maximum atomic E-state index is 14.0. The van der Waals surface area contributed by atoms with Crippen molar-refractivity contribution in [2.24, 2.45) is 11.8 Å². The number of urea groups is 1. The van der Waals surface area contributed by atoms with Crippen molar-refractivity contribution in [3.8, 4) is 5.75 Å². The Kier molecular flexibility index (Phi) is 12.6. The molecule has 0 radical (unpaired) electrons. The fourth-order valence-corrected chi connectivity index (χ4v) is 6.23. The van der Waals surface area contributed by atoms with Crippen molar-refractivity contribution in [3.05, 3.63) is 60.2 Å². The summed E-state index contributed by atoms with van der Waals surface area (Å²) >= 11 is 0. The maximum Gasteiger partial charge on any atom is 0.318 e. The Morgan fingerprint density at radius 2 is 1.53 bits per heavy atom. The van der Waals surface area contributed by atoms with Gasteiger partial charge in [-0.15, -0.1) is 0 Å². The van der Waals surface area contributed by atoms with Gasteiger partial charge in [-0.1, -0.05) is 70.9 Å². The van der Waals surface area contributed by atoms with Gasteiger partial charge in [0.25, 0.3) is 0 Å². The van der Waals surface area contributed by atoms with E-state index in [2.05, 4.69) is 74.3 Å². The number of hydrogen-bond donors (Lipinski definition) is 1. The second-order valence-corrected chi connectivity index (χ2v) is 13.3. The highest BCUT2D eigenvalue weighted by Crippen LogP contribution is 2.27. The molecular formula is C36H54N4O3. The van der Waals surface area contributed by atoms with E-state index in [1.807, 2.05) is 28.0 Å². The monoisotopic (exact) mass is 590 g/mol. The number of nitrogens with one attached hydrogen (secondary N) is 1. The number of nitrogens with zero attached hydrogens (tertiary/aromatic N) is 3. The molecule has 2 aromatic rings. The maximum absolute atomic E-state index is 14.0. The number of ether oxygens (including phenoxy) is 1. The largest absolute Gasteiger partial charge is 0.489 e. The minimum Gasteiger partial charge on any atom is -0.489 e. The molecule has 0 aliphatic carbocycles. The molecule has 2 unspecified atom stereocenters. The predicted octanol–water partition coefficient (Wildman–Crippen LogP) is 7.11. The Labute approximate surface area is 260 Å². The van der Waals surface area contributed by atoms with E-state index in [-0.39, 0.29) is 18.0 Å². The van der Waals surface area contributed by atoms with E-state index in [1.54, 1.807) is 0 Å². The fraction of sp³-hybridized carbons (Fsp3) is 0.611. The number of carbonyl (C=O) groups excluding carboxylic acids is 2. The normalized spacial score (nSPS) is 18.3. The molecule has 0 spiro atoms. The van der Waals surface area contributed by atoms with Crippen LogP contribution in [0.2, 0.25) is 0 Å². The Hall–Kier alpha value is -3.22. The average molecular weight is 591 g/mol. The second kappa shape index (κ2) is 16.6. The second-order valence-electron chi connectivity index (χ2n) is 13.3. The summed E-state index contributed by atoms with van der Waals surface area (Å²) in [6, 6.07) is 18.3. The molecule has 2 fully saturated rings. The number of benzene rings is 2. The van der Waals surface area contributed by atoms with E-state index in [1.165, 1.54) is 18.5 Å². The molecule has 7 nitrogen and oxygen atoms in total. The first kappa shape index (κ1) is 32.7. The van der Waals surface area contributed by atoms with E-state index in [4.69, 9.17) is 4.74 Å². The zero-order chi connectivity index (χ0) is 30.6. The predicted molar refractivity (Wildman–Crippen MR) is 175 cm³/mol. The van der Waals surface area contributed by atoms with Crippen molar-refractivity contribution >= 4 is 17.6 Å². The lowest BCUT2D eigenvalue weighted by atomic mass is 9.98. The van der Waals surface area contributed by atoms with Crippen LogP contribution in [0.25, 0.3) is 0 Å². The molecule has 2 aliphatic heterocycles. The number of amides is 3. The quantitative estimate of drug-likeness (QED) is 0.286. The molecule has 0 saturated carbocycles. The highest BCUT2D eigenvalue weighted by molar-refractivity contribution is 5.87. The smallest absolute Gasteiger partial charge is 0.318 e. The third kappa shape index (κ3) is 10.2. The van der Waals surface area contributed by atoms with Gasteiger partial charge in [-0.2, -0.15) is 0 Å². The van der Waals surface area contributed by atoms with E-state index in [0.717, 1.165) is 69.6 Å². The summed E-state index contributed by atoms with van der Waals surface area (Å²) in [5.41, 5.74) is 2.32. The highest BCUT2D eigenvalue weighted by atomic mass is 16.5. The van der Waals surface area contributed by atoms with Gasteiger partial charge in [0.1, 0.15) is 18.4 Å². The Morgan fingerprint density at radius 3 is 2.19 bits per heavy atom. The molecule has 2 aromatic carbocycles. The molecule has 7 heteroatoms. The first-order valence-electron chi connectivity index (χ1n) is 16.7. The minimum atomic E-state index is -0.486. The van der Waals surface area contributed by atoms with Gasteiger partial charge < -0.3 is 24.8 Å². The summed E-state index contributed by atoms with van der Waals surface area (Å²) in [4.78, 5) is 33.6. The molecule has 3 amide bonds. The molecule has 1 N–H and O–H groups in total. The van der Waals surface area contributed by atoms with Crippen molar-refractivity contribution in [3.63, 3.8) is 0 Å². The van der Waals surface area contributed by atoms with Gasteiger partial charge in [0.2, 0.25) is 5.91 Å². The van der Waals surface area contributed by atoms with Crippen LogP contribution in [0.4, 0.5) is 10.5 Å². The number of rotatable bonds is 12. The van der Waals surface area contributed by atoms with Crippen molar-refractivity contribution in [1.29, 1.82) is 0 Å². The molecule has 43 heavy (non-hydrogen) atoms. The van der Waals surface area contributed by atoms with Crippen LogP contribution in [0.5, 0.6) is 5.75 Å². The molecule has 2 atom stereocenters. The molecule has 0 aromatic heterocycles. The van der Waals surface area contributed by atoms with Gasteiger partial charge in [-0.05, 0) is 80.2 Å². The van der Waals surface area contributed by atoms with Crippen LogP contribution in [0.15, 0.2) is 54.6 Å². The topological polar surface area (TPSA) is 65.1 Å². The number of hydrogen-bond acceptors (Lipinski definition) is 4. The number of anilines is 1. The summed E-state index contributed by atoms with van der Waals surface area (Å²) in [5.74, 6) is 1.81. The van der Waals surface area contributed by atoms with Crippen LogP contribution in [-0.4, -0.2) is 66.5 Å². The summed E-state index contributed by atoms with van der Waals surface area (Å²) in [6.07, 6.45) is 8.16. The summed E-state index contributed by atoms with van der Waals surface area (Å²) in [7, 11) is 0. The van der Waals surface area contributed by atoms with E-state index in [0.29, 0.717) is 31.4 Å². The van der Waals surface area contributed by atoms with E-state index >= 15 is 0 Å². The van der Waals surface area contributed by atoms with Crippen LogP contribution < -0.4 is 15.0 Å². The summed E-state index contributed by atoms with van der Waals surface area (Å²) < 4.78 is 6.05. The summed E-state index contributed by atoms with van der Waals surface area (Å²) in [6.45, 7) is 13.2. The number of likely N-dealkylation sites (tertiary alicyclic amines) is 2. The molecule has 0 bridgehead atoms. The highest BCUT2D eigenvalue weighted by Gasteiger charge is 2.33. The Morgan fingerprint density at radius 1 is 0.860 bits per heavy atom. The molecule has 4 rings (SSSR count). The van der Waals surface area contributed by atoms with Crippen molar-refractivity contribution < 1.29 is 14.3 Å². The first-order valence-corrected chi connectivity index (χ1v) is 16.7. The van der Waals surface area contributed by atoms with Crippen LogP contribution >= 0.6 is 0 Å². The third-order valence-corrected chi connectivity index (χ3v) is 8.71. The zero-order valence-corrected chi connectivity index (χ0v) is 27.0. The van der Waals surface area contributed by atoms with Crippen molar-refractivity contribution in [2.45, 2.75) is 97.8 Å². The fourth-order valence-electron chi connectivity index (χ4n) is 6.23. The Balaban J connectivity index is 1.43. The van der Waals surface area contributed by atoms with Gasteiger partial charge in [0.05, 0.1) is 0 Å². The number of carbonyl (C=O) groups is 2. The van der Waals surface area contributed by atoms with Gasteiger partial charge >= 0.3 is 6.03 Å². The van der Waals surface area contributed by atoms with Crippen molar-refractivity contribution in [1.82, 2.24) is 15.1 Å². The van der Waals surface area contributed by atoms with Crippen LogP contribution in [0, 0.1) is 11.8 Å². The molecule has 236 valence electrons.